The van der Waals surface area contributed by atoms with Gasteiger partial charge in [-0.1, -0.05) is 35.4 Å². The summed E-state index contributed by atoms with van der Waals surface area (Å²) < 4.78 is 102. The number of rotatable bonds is 15. The molecule has 358 valence electrons. The van der Waals surface area contributed by atoms with Gasteiger partial charge in [-0.2, -0.15) is 30.0 Å². The van der Waals surface area contributed by atoms with Crippen molar-refractivity contribution in [2.24, 2.45) is 5.73 Å². The molecule has 6 rings (SSSR count). The molecule has 0 aliphatic carbocycles. The maximum atomic E-state index is 12.5. The number of carbonyl (C=O) groups is 2. The highest BCUT2D eigenvalue weighted by Gasteiger charge is 2.38. The van der Waals surface area contributed by atoms with Crippen molar-refractivity contribution in [1.82, 2.24) is 34.4 Å². The number of aryl methyl sites for hydroxylation is 2. The summed E-state index contributed by atoms with van der Waals surface area (Å²) in [5, 5.41) is 9.83. The van der Waals surface area contributed by atoms with Gasteiger partial charge < -0.3 is 30.0 Å². The Morgan fingerprint density at radius 1 is 0.742 bits per heavy atom. The first kappa shape index (κ1) is 53.6. The van der Waals surface area contributed by atoms with Crippen LogP contribution >= 0.6 is 31.9 Å². The molecule has 0 spiro atoms. The summed E-state index contributed by atoms with van der Waals surface area (Å²) in [5.41, 5.74) is 9.66. The smallest absolute Gasteiger partial charge is 0.475 e. The third-order valence-electron chi connectivity index (χ3n) is 8.61. The van der Waals surface area contributed by atoms with Crippen molar-refractivity contribution in [2.45, 2.75) is 82.1 Å². The van der Waals surface area contributed by atoms with Crippen LogP contribution in [0.2, 0.25) is 0 Å². The lowest BCUT2D eigenvalue weighted by atomic mass is 10.2. The first-order chi connectivity index (χ1) is 30.8. The van der Waals surface area contributed by atoms with Crippen LogP contribution in [0, 0.1) is 13.8 Å². The SMILES string of the molecule is Cc1ccc(S(=O)(=O)OCCn2c(CCN)nc3cc(Br)cnc32)cc1.Cc1ccc(S(=O)(=O)OCCn2c(CCNC(=O)OC(C)(C)C)nc3cc(Br)cnc32)cc1.O=C(O)C(F)(F)F. The molecule has 1 amide bonds. The number of aliphatic carboxylic acids is 1. The maximum absolute atomic E-state index is 12.5. The highest BCUT2D eigenvalue weighted by Crippen LogP contribution is 2.22. The van der Waals surface area contributed by atoms with Crippen molar-refractivity contribution in [1.29, 1.82) is 0 Å². The number of nitrogens with zero attached hydrogens (tertiary/aromatic N) is 6. The molecule has 0 saturated carbocycles. The number of alkyl carbamates (subject to hydrolysis) is 1. The Bertz CT molecular complexity index is 2840. The van der Waals surface area contributed by atoms with Gasteiger partial charge in [0.15, 0.2) is 11.3 Å². The van der Waals surface area contributed by atoms with Gasteiger partial charge in [0.1, 0.15) is 28.3 Å². The molecule has 0 atom stereocenters. The lowest BCUT2D eigenvalue weighted by molar-refractivity contribution is -0.192. The topological polar surface area (TPSA) is 250 Å². The van der Waals surface area contributed by atoms with E-state index in [9.17, 15) is 34.8 Å². The molecule has 0 aliphatic rings. The first-order valence-electron chi connectivity index (χ1n) is 19.7. The number of hydrogen-bond donors (Lipinski definition) is 3. The standard InChI is InChI=1S/C22H27BrN4O5S.C17H19BrN4O3S.C2HF3O2/c1-15-5-7-17(8-6-15)33(29,30)31-12-11-27-19(9-10-24-21(28)32-22(2,3)4)26-18-13-16(23)14-25-20(18)27;1-12-2-4-14(5-3-12)26(23,24)25-9-8-22-16(6-7-19)21-15-10-13(18)11-20-17(15)22;3-2(4,5)1(6)7/h5-8,13-14H,9-12H2,1-4H3,(H,24,28);2-5,10-11H,6-9,19H2,1H3;(H,6,7). The van der Waals surface area contributed by atoms with Crippen LogP contribution in [-0.2, 0) is 64.1 Å². The second-order valence-corrected chi connectivity index (χ2v) is 20.1. The molecule has 0 aliphatic heterocycles. The Labute approximate surface area is 395 Å². The summed E-state index contributed by atoms with van der Waals surface area (Å²) in [7, 11) is -7.69. The van der Waals surface area contributed by atoms with E-state index < -0.39 is 44.1 Å². The van der Waals surface area contributed by atoms with Gasteiger partial charge in [-0.25, -0.2) is 29.5 Å². The van der Waals surface area contributed by atoms with Crippen LogP contribution in [0.4, 0.5) is 18.0 Å². The number of halogens is 5. The van der Waals surface area contributed by atoms with Gasteiger partial charge in [0, 0.05) is 40.7 Å². The number of imidazole rings is 2. The van der Waals surface area contributed by atoms with Gasteiger partial charge in [0.25, 0.3) is 20.2 Å². The molecule has 18 nitrogen and oxygen atoms in total. The predicted molar refractivity (Wildman–Crippen MR) is 243 cm³/mol. The van der Waals surface area contributed by atoms with Crippen LogP contribution in [0.15, 0.2) is 91.8 Å². The fourth-order valence-electron chi connectivity index (χ4n) is 5.66. The second-order valence-electron chi connectivity index (χ2n) is 15.1. The fourth-order valence-corrected chi connectivity index (χ4v) is 8.10. The van der Waals surface area contributed by atoms with Crippen LogP contribution in [0.5, 0.6) is 0 Å². The molecule has 6 aromatic rings. The molecular formula is C41H47Br2F3N8O10S2. The summed E-state index contributed by atoms with van der Waals surface area (Å²) in [4.78, 5) is 39.0. The van der Waals surface area contributed by atoms with Crippen molar-refractivity contribution < 1.29 is 57.8 Å². The monoisotopic (exact) mass is 1090 g/mol. The molecule has 4 heterocycles. The number of fused-ring (bicyclic) bond motifs is 2. The zero-order valence-electron chi connectivity index (χ0n) is 36.2. The van der Waals surface area contributed by atoms with E-state index >= 15 is 0 Å². The summed E-state index contributed by atoms with van der Waals surface area (Å²) in [6.45, 7) is 10.3. The lowest BCUT2D eigenvalue weighted by Crippen LogP contribution is -2.33. The highest BCUT2D eigenvalue weighted by molar-refractivity contribution is 9.10. The minimum Gasteiger partial charge on any atom is -0.475 e. The average molecular weight is 1090 g/mol. The van der Waals surface area contributed by atoms with E-state index in [0.29, 0.717) is 55.1 Å². The highest BCUT2D eigenvalue weighted by atomic mass is 79.9. The van der Waals surface area contributed by atoms with Crippen LogP contribution in [0.3, 0.4) is 0 Å². The Kier molecular flexibility index (Phi) is 18.8. The first-order valence-corrected chi connectivity index (χ1v) is 24.1. The normalized spacial score (nSPS) is 12.0. The number of carboxylic acids is 1. The maximum Gasteiger partial charge on any atom is 0.490 e. The largest absolute Gasteiger partial charge is 0.490 e. The van der Waals surface area contributed by atoms with Gasteiger partial charge in [-0.15, -0.1) is 0 Å². The zero-order valence-corrected chi connectivity index (χ0v) is 41.0. The minimum atomic E-state index is -5.08. The number of pyridine rings is 2. The van der Waals surface area contributed by atoms with Crippen LogP contribution in [0.1, 0.15) is 43.5 Å². The number of alkyl halides is 3. The van der Waals surface area contributed by atoms with E-state index in [2.05, 4.69) is 57.1 Å². The third kappa shape index (κ3) is 16.1. The quantitative estimate of drug-likeness (QED) is 0.0875. The van der Waals surface area contributed by atoms with E-state index in [4.69, 9.17) is 28.7 Å². The van der Waals surface area contributed by atoms with E-state index in [1.165, 1.54) is 24.3 Å². The number of nitrogens with one attached hydrogen (secondary N) is 1. The molecule has 0 unspecified atom stereocenters. The Balaban J connectivity index is 0.000000257. The molecule has 0 saturated heterocycles. The summed E-state index contributed by atoms with van der Waals surface area (Å²) >= 11 is 6.76. The Hall–Kier alpha value is -5.05. The van der Waals surface area contributed by atoms with Crippen molar-refractivity contribution in [3.8, 4) is 0 Å². The molecule has 0 radical (unpaired) electrons. The van der Waals surface area contributed by atoms with Crippen LogP contribution in [-0.4, -0.2) is 101 Å². The zero-order chi connectivity index (χ0) is 49.0. The van der Waals surface area contributed by atoms with Crippen molar-refractivity contribution in [2.75, 3.05) is 26.3 Å². The number of carboxylic acid groups (broad SMARTS) is 1. The molecule has 0 bridgehead atoms. The number of aromatic nitrogens is 6. The van der Waals surface area contributed by atoms with Gasteiger partial charge in [-0.3, -0.25) is 8.37 Å². The Morgan fingerprint density at radius 2 is 1.14 bits per heavy atom. The van der Waals surface area contributed by atoms with Crippen molar-refractivity contribution >= 4 is 86.5 Å². The molecule has 0 fully saturated rings. The number of benzene rings is 2. The summed E-state index contributed by atoms with van der Waals surface area (Å²) in [6, 6.07) is 16.7. The van der Waals surface area contributed by atoms with Crippen LogP contribution < -0.4 is 11.1 Å². The molecule has 25 heteroatoms. The third-order valence-corrected chi connectivity index (χ3v) is 12.1. The van der Waals surface area contributed by atoms with E-state index in [1.807, 2.05) is 30.5 Å². The number of carbonyl (C=O) groups excluding carboxylic acids is 1. The van der Waals surface area contributed by atoms with E-state index in [1.54, 1.807) is 62.0 Å². The van der Waals surface area contributed by atoms with E-state index in [0.717, 1.165) is 31.4 Å². The molecule has 4 aromatic heterocycles. The van der Waals surface area contributed by atoms with Crippen molar-refractivity contribution in [3.63, 3.8) is 0 Å². The fraction of sp³-hybridized carbons (Fsp3) is 0.366. The van der Waals surface area contributed by atoms with E-state index in [-0.39, 0.29) is 29.5 Å². The number of ether oxygens (including phenoxy) is 1. The van der Waals surface area contributed by atoms with Gasteiger partial charge >= 0.3 is 18.2 Å². The lowest BCUT2D eigenvalue weighted by Gasteiger charge is -2.19. The number of nitrogens with two attached hydrogens (primary N) is 1. The molecule has 2 aromatic carbocycles. The van der Waals surface area contributed by atoms with Crippen molar-refractivity contribution in [3.05, 3.63) is 105 Å². The second kappa shape index (κ2) is 23.1. The predicted octanol–water partition coefficient (Wildman–Crippen LogP) is 7.02. The Morgan fingerprint density at radius 3 is 1.50 bits per heavy atom. The number of amides is 1. The van der Waals surface area contributed by atoms with Gasteiger partial charge in [-0.05, 0) is 109 Å². The van der Waals surface area contributed by atoms with Gasteiger partial charge in [0.2, 0.25) is 0 Å². The molecule has 4 N–H and O–H groups in total. The minimum absolute atomic E-state index is 0.0169. The summed E-state index contributed by atoms with van der Waals surface area (Å²) in [5.74, 6) is -1.36. The summed E-state index contributed by atoms with van der Waals surface area (Å²) in [6.07, 6.45) is -1.31. The molecular weight excluding hydrogens is 1050 g/mol. The number of hydrogen-bond acceptors (Lipinski definition) is 14. The van der Waals surface area contributed by atoms with Crippen LogP contribution in [0.25, 0.3) is 22.3 Å². The van der Waals surface area contributed by atoms with Gasteiger partial charge in [0.05, 0.1) is 36.1 Å². The average Bonchev–Trinajstić information content (AvgIpc) is 3.73. The molecule has 66 heavy (non-hydrogen) atoms.